The van der Waals surface area contributed by atoms with Crippen molar-refractivity contribution in [3.63, 3.8) is 0 Å². The zero-order valence-electron chi connectivity index (χ0n) is 9.51. The fourth-order valence-corrected chi connectivity index (χ4v) is 2.15. The van der Waals surface area contributed by atoms with Gasteiger partial charge in [0.1, 0.15) is 36.1 Å². The van der Waals surface area contributed by atoms with Crippen molar-refractivity contribution in [3.8, 4) is 0 Å². The number of aliphatic hydroxyl groups is 2. The highest BCUT2D eigenvalue weighted by Gasteiger charge is 2.41. The van der Waals surface area contributed by atoms with Gasteiger partial charge in [0.2, 0.25) is 6.23 Å². The lowest BCUT2D eigenvalue weighted by molar-refractivity contribution is -0.0118. The quantitative estimate of drug-likeness (QED) is 0.659. The lowest BCUT2D eigenvalue weighted by Gasteiger charge is -2.15. The van der Waals surface area contributed by atoms with Crippen molar-refractivity contribution in [1.82, 2.24) is 19.5 Å². The minimum atomic E-state index is -1.20. The summed E-state index contributed by atoms with van der Waals surface area (Å²) in [6.07, 6.45) is -0.559. The molecule has 2 aromatic rings. The van der Waals surface area contributed by atoms with Crippen LogP contribution >= 0.6 is 11.6 Å². The van der Waals surface area contributed by atoms with Gasteiger partial charge in [-0.15, -0.1) is 0 Å². The zero-order valence-corrected chi connectivity index (χ0v) is 10.3. The van der Waals surface area contributed by atoms with Crippen LogP contribution in [0.25, 0.3) is 11.2 Å². The Hall–Kier alpha value is -1.90. The second-order valence-corrected chi connectivity index (χ2v) is 4.26. The van der Waals surface area contributed by atoms with Gasteiger partial charge in [0.25, 0.3) is 0 Å². The largest absolute Gasteiger partial charge is 0.468 e. The van der Waals surface area contributed by atoms with Gasteiger partial charge in [0.05, 0.1) is 0 Å². The van der Waals surface area contributed by atoms with Crippen molar-refractivity contribution in [2.45, 2.75) is 18.4 Å². The number of aromatic nitrogens is 4. The van der Waals surface area contributed by atoms with Crippen molar-refractivity contribution < 1.29 is 14.9 Å². The van der Waals surface area contributed by atoms with Crippen molar-refractivity contribution in [1.29, 1.82) is 0 Å². The molecule has 100 valence electrons. The number of imidazole rings is 1. The molecule has 0 bridgehead atoms. The molecular formula is C10H10ClN5O3. The summed E-state index contributed by atoms with van der Waals surface area (Å²) >= 11 is 5.51. The number of hydrogen-bond donors (Lipinski definition) is 3. The zero-order chi connectivity index (χ0) is 13.6. The second-order valence-electron chi connectivity index (χ2n) is 4.04. The fraction of sp³-hybridized carbons (Fsp3) is 0.300. The summed E-state index contributed by atoms with van der Waals surface area (Å²) in [5.41, 5.74) is 7.55. The van der Waals surface area contributed by atoms with E-state index < -0.39 is 18.4 Å². The molecule has 4 N–H and O–H groups in total. The lowest BCUT2D eigenvalue weighted by atomic mass is 10.2. The first-order valence-electron chi connectivity index (χ1n) is 5.39. The number of ether oxygens (including phenoxy) is 1. The number of rotatable bonds is 1. The predicted molar refractivity (Wildman–Crippen MR) is 65.8 cm³/mol. The minimum absolute atomic E-state index is 0.0862. The monoisotopic (exact) mass is 283 g/mol. The molecule has 1 saturated heterocycles. The van der Waals surface area contributed by atoms with Crippen LogP contribution in [0.3, 0.4) is 0 Å². The van der Waals surface area contributed by atoms with E-state index in [1.807, 2.05) is 0 Å². The molecule has 1 aliphatic heterocycles. The molecule has 0 unspecified atom stereocenters. The average molecular weight is 284 g/mol. The Balaban J connectivity index is 2.09. The maximum absolute atomic E-state index is 9.96. The molecule has 0 saturated carbocycles. The first-order chi connectivity index (χ1) is 9.13. The Morgan fingerprint density at radius 2 is 2.16 bits per heavy atom. The first kappa shape index (κ1) is 12.2. The van der Waals surface area contributed by atoms with E-state index in [-0.39, 0.29) is 11.6 Å². The number of halogens is 1. The topological polar surface area (TPSA) is 119 Å². The number of hydrogen-bond acceptors (Lipinski definition) is 7. The Labute approximate surface area is 112 Å². The summed E-state index contributed by atoms with van der Waals surface area (Å²) in [7, 11) is 0. The maximum Gasteiger partial charge on any atom is 0.207 e. The third kappa shape index (κ3) is 1.72. The molecule has 0 aromatic carbocycles. The van der Waals surface area contributed by atoms with E-state index in [2.05, 4.69) is 15.0 Å². The van der Waals surface area contributed by atoms with Crippen LogP contribution in [0.5, 0.6) is 0 Å². The smallest absolute Gasteiger partial charge is 0.207 e. The van der Waals surface area contributed by atoms with Crippen LogP contribution in [0.4, 0.5) is 5.82 Å². The number of nitrogens with two attached hydrogens (primary N) is 1. The van der Waals surface area contributed by atoms with Gasteiger partial charge in [0, 0.05) is 5.54 Å². The molecule has 3 atom stereocenters. The third-order valence-electron chi connectivity index (χ3n) is 2.93. The molecule has 0 aliphatic carbocycles. The van der Waals surface area contributed by atoms with Gasteiger partial charge in [-0.25, -0.2) is 15.0 Å². The summed E-state index contributed by atoms with van der Waals surface area (Å²) in [5, 5.41) is 19.7. The SMILES string of the molecule is Nc1ncnc2c1ncn2[C@@H]1O/C(=C/Cl)[C@@H](O)[C@H]1O. The van der Waals surface area contributed by atoms with Crippen molar-refractivity contribution in [2.75, 3.05) is 5.73 Å². The standard InChI is InChI=1S/C10H10ClN5O3/c11-1-4-6(17)7(18)10(19-4)16-3-15-5-8(12)13-2-14-9(5)16/h1-3,6-7,10,17-18H,(H2,12,13,14)/b4-1+/t6-,7-,10-/m1/s1. The van der Waals surface area contributed by atoms with E-state index in [4.69, 9.17) is 22.1 Å². The van der Waals surface area contributed by atoms with Crippen molar-refractivity contribution in [3.05, 3.63) is 23.9 Å². The molecular weight excluding hydrogens is 274 g/mol. The molecule has 0 amide bonds. The number of nitrogen functional groups attached to an aromatic ring is 1. The van der Waals surface area contributed by atoms with Crippen LogP contribution in [0.2, 0.25) is 0 Å². The summed E-state index contributed by atoms with van der Waals surface area (Å²) < 4.78 is 6.85. The van der Waals surface area contributed by atoms with E-state index in [0.717, 1.165) is 5.54 Å². The molecule has 9 heteroatoms. The minimum Gasteiger partial charge on any atom is -0.468 e. The Bertz CT molecular complexity index is 658. The summed E-state index contributed by atoms with van der Waals surface area (Å²) in [5.74, 6) is 0.313. The van der Waals surface area contributed by atoms with Crippen LogP contribution in [0, 0.1) is 0 Å². The fourth-order valence-electron chi connectivity index (χ4n) is 1.97. The number of fused-ring (bicyclic) bond motifs is 1. The predicted octanol–water partition coefficient (Wildman–Crippen LogP) is -0.261. The van der Waals surface area contributed by atoms with Crippen LogP contribution in [0.15, 0.2) is 23.9 Å². The lowest BCUT2D eigenvalue weighted by Crippen LogP contribution is -2.27. The first-order valence-corrected chi connectivity index (χ1v) is 5.83. The number of aliphatic hydroxyl groups excluding tert-OH is 2. The molecule has 3 rings (SSSR count). The van der Waals surface area contributed by atoms with E-state index in [1.165, 1.54) is 17.2 Å². The molecule has 1 aliphatic rings. The highest BCUT2D eigenvalue weighted by molar-refractivity contribution is 6.25. The Morgan fingerprint density at radius 1 is 1.37 bits per heavy atom. The van der Waals surface area contributed by atoms with Gasteiger partial charge < -0.3 is 20.7 Å². The highest BCUT2D eigenvalue weighted by Crippen LogP contribution is 2.34. The van der Waals surface area contributed by atoms with Crippen LogP contribution in [-0.4, -0.2) is 41.9 Å². The molecule has 0 spiro atoms. The second kappa shape index (κ2) is 4.34. The van der Waals surface area contributed by atoms with E-state index in [1.54, 1.807) is 0 Å². The molecule has 2 aromatic heterocycles. The van der Waals surface area contributed by atoms with E-state index in [9.17, 15) is 10.2 Å². The summed E-state index contributed by atoms with van der Waals surface area (Å²) in [4.78, 5) is 11.9. The van der Waals surface area contributed by atoms with Crippen molar-refractivity contribution in [2.24, 2.45) is 0 Å². The molecule has 19 heavy (non-hydrogen) atoms. The Morgan fingerprint density at radius 3 is 2.84 bits per heavy atom. The normalized spacial score (nSPS) is 29.0. The van der Waals surface area contributed by atoms with Gasteiger partial charge in [-0.1, -0.05) is 11.6 Å². The van der Waals surface area contributed by atoms with Gasteiger partial charge >= 0.3 is 0 Å². The molecule has 8 nitrogen and oxygen atoms in total. The highest BCUT2D eigenvalue weighted by atomic mass is 35.5. The summed E-state index contributed by atoms with van der Waals surface area (Å²) in [6, 6.07) is 0. The third-order valence-corrected chi connectivity index (χ3v) is 3.15. The molecule has 3 heterocycles. The van der Waals surface area contributed by atoms with Crippen LogP contribution in [0.1, 0.15) is 6.23 Å². The van der Waals surface area contributed by atoms with Gasteiger partial charge in [-0.3, -0.25) is 4.57 Å². The maximum atomic E-state index is 9.96. The van der Waals surface area contributed by atoms with Crippen molar-refractivity contribution >= 4 is 28.6 Å². The van der Waals surface area contributed by atoms with Gasteiger partial charge in [-0.2, -0.15) is 0 Å². The summed E-state index contributed by atoms with van der Waals surface area (Å²) in [6.45, 7) is 0. The molecule has 0 radical (unpaired) electrons. The van der Waals surface area contributed by atoms with E-state index >= 15 is 0 Å². The van der Waals surface area contributed by atoms with Crippen LogP contribution < -0.4 is 5.73 Å². The number of nitrogens with zero attached hydrogens (tertiary/aromatic N) is 4. The van der Waals surface area contributed by atoms with Crippen LogP contribution in [-0.2, 0) is 4.74 Å². The van der Waals surface area contributed by atoms with Gasteiger partial charge in [0.15, 0.2) is 11.5 Å². The average Bonchev–Trinajstić information content (AvgIpc) is 2.94. The van der Waals surface area contributed by atoms with Gasteiger partial charge in [-0.05, 0) is 0 Å². The molecule has 1 fully saturated rings. The van der Waals surface area contributed by atoms with E-state index in [0.29, 0.717) is 11.2 Å². The number of anilines is 1. The Kier molecular flexibility index (Phi) is 2.77.